The van der Waals surface area contributed by atoms with Gasteiger partial charge in [0.2, 0.25) is 0 Å². The van der Waals surface area contributed by atoms with Crippen LogP contribution in [0.1, 0.15) is 55.1 Å². The van der Waals surface area contributed by atoms with Gasteiger partial charge in [-0.2, -0.15) is 4.98 Å². The van der Waals surface area contributed by atoms with Gasteiger partial charge in [0, 0.05) is 18.3 Å². The molecule has 0 spiro atoms. The van der Waals surface area contributed by atoms with Crippen LogP contribution in [0, 0.1) is 13.8 Å². The number of aromatic nitrogens is 2. The molecule has 0 saturated heterocycles. The molecule has 0 atom stereocenters. The van der Waals surface area contributed by atoms with Crippen LogP contribution in [0.25, 0.3) is 5.69 Å². The first-order chi connectivity index (χ1) is 11.5. The molecule has 1 aromatic carbocycles. The first-order valence-corrected chi connectivity index (χ1v) is 8.44. The molecule has 5 nitrogen and oxygen atoms in total. The molecule has 1 aliphatic rings. The number of carbonyl (C=O) groups is 1. The number of amides is 1. The zero-order chi connectivity index (χ0) is 18.4. The van der Waals surface area contributed by atoms with E-state index in [0.29, 0.717) is 23.5 Å². The van der Waals surface area contributed by atoms with E-state index >= 15 is 0 Å². The van der Waals surface area contributed by atoms with Crippen molar-refractivity contribution in [2.24, 2.45) is 0 Å². The van der Waals surface area contributed by atoms with Crippen molar-refractivity contribution in [1.29, 1.82) is 0 Å². The maximum atomic E-state index is 12.4. The van der Waals surface area contributed by atoms with Gasteiger partial charge in [-0.1, -0.05) is 39.8 Å². The molecule has 0 radical (unpaired) electrons. The average molecular weight is 329 g/mol. The minimum Gasteiger partial charge on any atom is -0.334 e. The molecule has 0 unspecified atom stereocenters. The third-order valence-corrected chi connectivity index (χ3v) is 3.79. The second kappa shape index (κ2) is 8.43. The maximum absolute atomic E-state index is 12.4. The summed E-state index contributed by atoms with van der Waals surface area (Å²) >= 11 is 0. The first-order valence-electron chi connectivity index (χ1n) is 8.44. The molecule has 2 heterocycles. The smallest absolute Gasteiger partial charge is 0.276 e. The number of hydrogen-bond acceptors (Lipinski definition) is 3. The Morgan fingerprint density at radius 1 is 1.00 bits per heavy atom. The predicted octanol–water partition coefficient (Wildman–Crippen LogP) is 3.49. The number of fused-ring (bicyclic) bond motifs is 3. The van der Waals surface area contributed by atoms with Crippen molar-refractivity contribution >= 4 is 5.91 Å². The molecule has 0 N–H and O–H groups in total. The van der Waals surface area contributed by atoms with Crippen molar-refractivity contribution in [3.05, 3.63) is 57.3 Å². The van der Waals surface area contributed by atoms with Gasteiger partial charge in [-0.15, -0.1) is 0 Å². The number of hydrogen-bond donors (Lipinski definition) is 0. The Hall–Kier alpha value is -2.43. The number of rotatable bonds is 0. The van der Waals surface area contributed by atoms with Crippen LogP contribution < -0.4 is 5.56 Å². The van der Waals surface area contributed by atoms with E-state index in [1.165, 1.54) is 0 Å². The van der Waals surface area contributed by atoms with Gasteiger partial charge in [-0.25, -0.2) is 0 Å². The van der Waals surface area contributed by atoms with Crippen molar-refractivity contribution < 1.29 is 4.79 Å². The van der Waals surface area contributed by atoms with Gasteiger partial charge in [0.15, 0.2) is 0 Å². The summed E-state index contributed by atoms with van der Waals surface area (Å²) in [4.78, 5) is 30.0. The average Bonchev–Trinajstić information content (AvgIpc) is 2.72. The van der Waals surface area contributed by atoms with E-state index < -0.39 is 0 Å². The van der Waals surface area contributed by atoms with Crippen molar-refractivity contribution in [1.82, 2.24) is 14.5 Å². The van der Waals surface area contributed by atoms with Crippen LogP contribution in [0.5, 0.6) is 0 Å². The molecule has 24 heavy (non-hydrogen) atoms. The Balaban J connectivity index is 0.000000671. The van der Waals surface area contributed by atoms with Crippen LogP contribution in [0.2, 0.25) is 0 Å². The van der Waals surface area contributed by atoms with Crippen LogP contribution >= 0.6 is 0 Å². The van der Waals surface area contributed by atoms with Crippen molar-refractivity contribution in [2.75, 3.05) is 7.05 Å². The normalized spacial score (nSPS) is 12.0. The largest absolute Gasteiger partial charge is 0.334 e. The van der Waals surface area contributed by atoms with Crippen molar-refractivity contribution in [3.63, 3.8) is 0 Å². The molecule has 0 aliphatic carbocycles. The second-order valence-corrected chi connectivity index (χ2v) is 5.06. The van der Waals surface area contributed by atoms with Crippen LogP contribution in [0.3, 0.4) is 0 Å². The van der Waals surface area contributed by atoms with E-state index in [1.807, 2.05) is 57.4 Å². The molecule has 1 aromatic heterocycles. The molecule has 130 valence electrons. The van der Waals surface area contributed by atoms with Crippen LogP contribution in [0.4, 0.5) is 0 Å². The fourth-order valence-corrected chi connectivity index (χ4v) is 2.53. The lowest BCUT2D eigenvalue weighted by molar-refractivity contribution is 0.0786. The summed E-state index contributed by atoms with van der Waals surface area (Å²) in [5, 5.41) is 0. The van der Waals surface area contributed by atoms with E-state index in [4.69, 9.17) is 0 Å². The van der Waals surface area contributed by atoms with E-state index in [0.717, 1.165) is 11.4 Å². The Kier molecular flexibility index (Phi) is 6.89. The highest BCUT2D eigenvalue weighted by Gasteiger charge is 2.25. The lowest BCUT2D eigenvalue weighted by Crippen LogP contribution is -2.27. The topological polar surface area (TPSA) is 55.2 Å². The molecule has 3 rings (SSSR count). The Bertz CT molecular complexity index is 779. The molecular formula is C19H27N3O2. The van der Waals surface area contributed by atoms with Gasteiger partial charge in [-0.05, 0) is 26.0 Å². The summed E-state index contributed by atoms with van der Waals surface area (Å²) in [6, 6.07) is 7.41. The number of nitrogens with zero attached hydrogens (tertiary/aromatic N) is 3. The SMILES string of the molecule is CC.CC.Cc1c(C)n2c(nc1=O)CN(C)C(=O)c1ccccc1-2. The highest BCUT2D eigenvalue weighted by molar-refractivity contribution is 5.98. The zero-order valence-electron chi connectivity index (χ0n) is 15.7. The van der Waals surface area contributed by atoms with E-state index in [9.17, 15) is 9.59 Å². The molecule has 0 saturated carbocycles. The Morgan fingerprint density at radius 2 is 1.58 bits per heavy atom. The molecule has 0 bridgehead atoms. The van der Waals surface area contributed by atoms with Crippen molar-refractivity contribution in [2.45, 2.75) is 48.1 Å². The molecule has 5 heteroatoms. The monoisotopic (exact) mass is 329 g/mol. The highest BCUT2D eigenvalue weighted by Crippen LogP contribution is 2.24. The summed E-state index contributed by atoms with van der Waals surface area (Å²) in [6.45, 7) is 12.0. The van der Waals surface area contributed by atoms with Gasteiger partial charge in [0.1, 0.15) is 5.82 Å². The number of carbonyl (C=O) groups excluding carboxylic acids is 1. The van der Waals surface area contributed by atoms with E-state index in [-0.39, 0.29) is 11.5 Å². The summed E-state index contributed by atoms with van der Waals surface area (Å²) < 4.78 is 1.91. The van der Waals surface area contributed by atoms with Crippen molar-refractivity contribution in [3.8, 4) is 5.69 Å². The molecule has 1 amide bonds. The first kappa shape index (κ1) is 19.6. The lowest BCUT2D eigenvalue weighted by atomic mass is 10.1. The standard InChI is InChI=1S/C15H15N3O2.2C2H6/c1-9-10(2)18-12-7-5-4-6-11(12)15(20)17(3)8-13(18)16-14(9)19;2*1-2/h4-7H,8H2,1-3H3;2*1-2H3. The van der Waals surface area contributed by atoms with Gasteiger partial charge in [0.25, 0.3) is 11.5 Å². The third kappa shape index (κ3) is 3.40. The minimum atomic E-state index is -0.228. The molecule has 2 aromatic rings. The lowest BCUT2D eigenvalue weighted by Gasteiger charge is -2.16. The number of benzene rings is 1. The molecule has 1 aliphatic heterocycles. The fourth-order valence-electron chi connectivity index (χ4n) is 2.53. The van der Waals surface area contributed by atoms with Crippen LogP contribution in [0.15, 0.2) is 29.1 Å². The summed E-state index contributed by atoms with van der Waals surface area (Å²) in [7, 11) is 1.72. The molecule has 0 fully saturated rings. The Labute approximate surface area is 144 Å². The van der Waals surface area contributed by atoms with Crippen LogP contribution in [-0.4, -0.2) is 27.4 Å². The third-order valence-electron chi connectivity index (χ3n) is 3.79. The summed E-state index contributed by atoms with van der Waals surface area (Å²) in [5.41, 5.74) is 2.62. The minimum absolute atomic E-state index is 0.0596. The van der Waals surface area contributed by atoms with E-state index in [2.05, 4.69) is 4.98 Å². The van der Waals surface area contributed by atoms with Gasteiger partial charge in [0.05, 0.1) is 17.8 Å². The van der Waals surface area contributed by atoms with Gasteiger partial charge < -0.3 is 4.90 Å². The summed E-state index contributed by atoms with van der Waals surface area (Å²) in [5.74, 6) is 0.537. The number of para-hydroxylation sites is 1. The predicted molar refractivity (Wildman–Crippen MR) is 97.8 cm³/mol. The highest BCUT2D eigenvalue weighted by atomic mass is 16.2. The second-order valence-electron chi connectivity index (χ2n) is 5.06. The van der Waals surface area contributed by atoms with E-state index in [1.54, 1.807) is 24.9 Å². The van der Waals surface area contributed by atoms with Gasteiger partial charge >= 0.3 is 0 Å². The summed E-state index contributed by atoms with van der Waals surface area (Å²) in [6.07, 6.45) is 0. The fraction of sp³-hybridized carbons (Fsp3) is 0.421. The quantitative estimate of drug-likeness (QED) is 0.743. The van der Waals surface area contributed by atoms with Gasteiger partial charge in [-0.3, -0.25) is 14.2 Å². The molecular weight excluding hydrogens is 302 g/mol. The van der Waals surface area contributed by atoms with Crippen LogP contribution in [-0.2, 0) is 6.54 Å². The zero-order valence-corrected chi connectivity index (χ0v) is 15.7. The maximum Gasteiger partial charge on any atom is 0.276 e. The Morgan fingerprint density at radius 3 is 2.21 bits per heavy atom.